The number of benzene rings is 1. The average Bonchev–Trinajstić information content (AvgIpc) is 3.03. The second-order valence-corrected chi connectivity index (χ2v) is 5.52. The molecule has 1 aromatic carbocycles. The second-order valence-electron chi connectivity index (χ2n) is 5.52. The molecule has 1 amide bonds. The summed E-state index contributed by atoms with van der Waals surface area (Å²) in [7, 11) is 0. The van der Waals surface area contributed by atoms with Gasteiger partial charge >= 0.3 is 0 Å². The van der Waals surface area contributed by atoms with Gasteiger partial charge in [0.05, 0.1) is 11.7 Å². The van der Waals surface area contributed by atoms with Crippen molar-refractivity contribution in [3.63, 3.8) is 0 Å². The van der Waals surface area contributed by atoms with E-state index < -0.39 is 5.91 Å². The highest BCUT2D eigenvalue weighted by molar-refractivity contribution is 5.97. The number of pyridine rings is 1. The molecule has 0 fully saturated rings. The normalized spacial score (nSPS) is 12.9. The maximum Gasteiger partial charge on any atom is 0.286 e. The van der Waals surface area contributed by atoms with Crippen LogP contribution in [-0.2, 0) is 6.42 Å². The zero-order valence-electron chi connectivity index (χ0n) is 12.7. The van der Waals surface area contributed by atoms with Crippen molar-refractivity contribution in [2.24, 2.45) is 5.73 Å². The number of hydrogen-bond donors (Lipinski definition) is 1. The quantitative estimate of drug-likeness (QED) is 0.729. The fourth-order valence-electron chi connectivity index (χ4n) is 2.97. The van der Waals surface area contributed by atoms with Crippen molar-refractivity contribution >= 4 is 28.3 Å². The Labute approximate surface area is 138 Å². The fraction of sp³-hybridized carbons (Fsp3) is 0.111. The predicted octanol–water partition coefficient (Wildman–Crippen LogP) is 1.80. The number of aromatic nitrogens is 3. The van der Waals surface area contributed by atoms with E-state index in [-0.39, 0.29) is 5.82 Å². The van der Waals surface area contributed by atoms with Gasteiger partial charge in [-0.3, -0.25) is 9.78 Å². The van der Waals surface area contributed by atoms with E-state index in [0.29, 0.717) is 11.3 Å². The van der Waals surface area contributed by atoms with Gasteiger partial charge in [0.2, 0.25) is 5.82 Å². The van der Waals surface area contributed by atoms with E-state index in [4.69, 9.17) is 12.2 Å². The van der Waals surface area contributed by atoms with Crippen LogP contribution in [0.25, 0.3) is 10.9 Å². The maximum absolute atomic E-state index is 11.6. The minimum Gasteiger partial charge on any atom is -0.363 e. The van der Waals surface area contributed by atoms with Crippen LogP contribution in [-0.4, -0.2) is 27.4 Å². The van der Waals surface area contributed by atoms with Gasteiger partial charge in [0.1, 0.15) is 5.82 Å². The lowest BCUT2D eigenvalue weighted by molar-refractivity contribution is 0.0991. The number of anilines is 2. The molecule has 6 heteroatoms. The molecule has 2 aromatic heterocycles. The SMILES string of the molecule is C#Cc1ccc2c(c1)N(c1nc(C(N)=O)nc3cnccc13)CC2. The first kappa shape index (κ1) is 14.2. The molecular formula is C18H13N5O. The first-order valence-corrected chi connectivity index (χ1v) is 7.46. The van der Waals surface area contributed by atoms with E-state index in [2.05, 4.69) is 20.9 Å². The molecule has 3 aromatic rings. The third kappa shape index (κ3) is 2.15. The molecular weight excluding hydrogens is 302 g/mol. The van der Waals surface area contributed by atoms with Crippen molar-refractivity contribution in [2.45, 2.75) is 6.42 Å². The van der Waals surface area contributed by atoms with Crippen LogP contribution in [0.2, 0.25) is 0 Å². The summed E-state index contributed by atoms with van der Waals surface area (Å²) in [6.45, 7) is 0.746. The zero-order valence-corrected chi connectivity index (χ0v) is 12.7. The number of primary amides is 1. The highest BCUT2D eigenvalue weighted by Crippen LogP contribution is 2.37. The first-order valence-electron chi connectivity index (χ1n) is 7.46. The molecule has 4 rings (SSSR count). The van der Waals surface area contributed by atoms with E-state index in [0.717, 1.165) is 29.6 Å². The van der Waals surface area contributed by atoms with Gasteiger partial charge in [-0.25, -0.2) is 9.97 Å². The Morgan fingerprint density at radius 3 is 2.96 bits per heavy atom. The lowest BCUT2D eigenvalue weighted by atomic mass is 10.1. The summed E-state index contributed by atoms with van der Waals surface area (Å²) in [6, 6.07) is 7.75. The van der Waals surface area contributed by atoms with Crippen molar-refractivity contribution in [1.29, 1.82) is 0 Å². The van der Waals surface area contributed by atoms with Gasteiger partial charge < -0.3 is 10.6 Å². The number of nitrogens with two attached hydrogens (primary N) is 1. The molecule has 0 saturated carbocycles. The van der Waals surface area contributed by atoms with Gasteiger partial charge in [-0.2, -0.15) is 0 Å². The van der Waals surface area contributed by atoms with Crippen LogP contribution in [0.4, 0.5) is 11.5 Å². The Balaban J connectivity index is 1.96. The lowest BCUT2D eigenvalue weighted by Gasteiger charge is -2.20. The molecule has 24 heavy (non-hydrogen) atoms. The van der Waals surface area contributed by atoms with Crippen LogP contribution >= 0.6 is 0 Å². The maximum atomic E-state index is 11.6. The Kier molecular flexibility index (Phi) is 3.14. The molecule has 0 spiro atoms. The number of terminal acetylenes is 1. The van der Waals surface area contributed by atoms with Crippen LogP contribution in [0.1, 0.15) is 21.7 Å². The van der Waals surface area contributed by atoms with Crippen molar-refractivity contribution in [1.82, 2.24) is 15.0 Å². The minimum absolute atomic E-state index is 0.0212. The number of rotatable bonds is 2. The predicted molar refractivity (Wildman–Crippen MR) is 90.9 cm³/mol. The Morgan fingerprint density at radius 1 is 1.29 bits per heavy atom. The van der Waals surface area contributed by atoms with Gasteiger partial charge in [0.25, 0.3) is 5.91 Å². The monoisotopic (exact) mass is 315 g/mol. The van der Waals surface area contributed by atoms with Crippen LogP contribution in [0, 0.1) is 12.3 Å². The number of hydrogen-bond acceptors (Lipinski definition) is 5. The standard InChI is InChI=1S/C18H13N5O/c1-2-11-3-4-12-6-8-23(15(12)9-11)18-13-5-7-20-10-14(13)21-17(22-18)16(19)24/h1,3-5,7,9-10H,6,8H2,(H2,19,24). The molecule has 0 saturated heterocycles. The van der Waals surface area contributed by atoms with E-state index in [1.165, 1.54) is 5.56 Å². The third-order valence-corrected chi connectivity index (χ3v) is 4.10. The topological polar surface area (TPSA) is 85.0 Å². The van der Waals surface area contributed by atoms with Gasteiger partial charge in [-0.05, 0) is 30.2 Å². The van der Waals surface area contributed by atoms with Crippen molar-refractivity contribution < 1.29 is 4.79 Å². The molecule has 2 N–H and O–H groups in total. The summed E-state index contributed by atoms with van der Waals surface area (Å²) in [5, 5.41) is 0.814. The van der Waals surface area contributed by atoms with Crippen LogP contribution in [0.3, 0.4) is 0 Å². The van der Waals surface area contributed by atoms with E-state index in [9.17, 15) is 4.79 Å². The molecule has 0 bridgehead atoms. The Hall–Kier alpha value is -3.46. The first-order chi connectivity index (χ1) is 11.7. The lowest BCUT2D eigenvalue weighted by Crippen LogP contribution is -2.21. The molecule has 3 heterocycles. The van der Waals surface area contributed by atoms with E-state index in [1.807, 2.05) is 29.2 Å². The van der Waals surface area contributed by atoms with Crippen LogP contribution < -0.4 is 10.6 Å². The van der Waals surface area contributed by atoms with Crippen LogP contribution in [0.5, 0.6) is 0 Å². The summed E-state index contributed by atoms with van der Waals surface area (Å²) in [6.07, 6.45) is 9.67. The Bertz CT molecular complexity index is 1020. The summed E-state index contributed by atoms with van der Waals surface area (Å²) in [4.78, 5) is 26.3. The molecule has 0 aliphatic carbocycles. The highest BCUT2D eigenvalue weighted by Gasteiger charge is 2.25. The molecule has 1 aliphatic heterocycles. The number of carbonyl (C=O) groups is 1. The van der Waals surface area contributed by atoms with Gasteiger partial charge in [0, 0.05) is 29.4 Å². The number of nitrogens with zero attached hydrogens (tertiary/aromatic N) is 4. The minimum atomic E-state index is -0.668. The van der Waals surface area contributed by atoms with Crippen molar-refractivity contribution in [3.05, 3.63) is 53.6 Å². The van der Waals surface area contributed by atoms with E-state index >= 15 is 0 Å². The zero-order chi connectivity index (χ0) is 16.7. The molecule has 116 valence electrons. The van der Waals surface area contributed by atoms with Crippen molar-refractivity contribution in [2.75, 3.05) is 11.4 Å². The average molecular weight is 315 g/mol. The summed E-state index contributed by atoms with van der Waals surface area (Å²) >= 11 is 0. The second kappa shape index (κ2) is 5.32. The van der Waals surface area contributed by atoms with Gasteiger partial charge in [-0.1, -0.05) is 12.0 Å². The summed E-state index contributed by atoms with van der Waals surface area (Å²) in [5.41, 5.74) is 8.95. The number of carbonyl (C=O) groups excluding carboxylic acids is 1. The van der Waals surface area contributed by atoms with Crippen LogP contribution in [0.15, 0.2) is 36.7 Å². The third-order valence-electron chi connectivity index (χ3n) is 4.10. The fourth-order valence-corrected chi connectivity index (χ4v) is 2.97. The molecule has 1 aliphatic rings. The molecule has 6 nitrogen and oxygen atoms in total. The smallest absolute Gasteiger partial charge is 0.286 e. The molecule has 0 atom stereocenters. The Morgan fingerprint density at radius 2 is 2.17 bits per heavy atom. The highest BCUT2D eigenvalue weighted by atomic mass is 16.1. The number of fused-ring (bicyclic) bond motifs is 2. The number of amides is 1. The van der Waals surface area contributed by atoms with Crippen molar-refractivity contribution in [3.8, 4) is 12.3 Å². The van der Waals surface area contributed by atoms with Gasteiger partial charge in [-0.15, -0.1) is 6.42 Å². The summed E-state index contributed by atoms with van der Waals surface area (Å²) in [5.74, 6) is 2.61. The van der Waals surface area contributed by atoms with E-state index in [1.54, 1.807) is 12.4 Å². The largest absolute Gasteiger partial charge is 0.363 e. The van der Waals surface area contributed by atoms with Gasteiger partial charge in [0.15, 0.2) is 0 Å². The molecule has 0 unspecified atom stereocenters. The molecule has 0 radical (unpaired) electrons. The summed E-state index contributed by atoms with van der Waals surface area (Å²) < 4.78 is 0.